The lowest BCUT2D eigenvalue weighted by Gasteiger charge is -2.27. The van der Waals surface area contributed by atoms with Crippen LogP contribution in [0, 0.1) is 0 Å². The second kappa shape index (κ2) is 3.83. The molecule has 3 heterocycles. The highest BCUT2D eigenvalue weighted by atomic mass is 32.1. The summed E-state index contributed by atoms with van der Waals surface area (Å²) in [6, 6.07) is 2.05. The van der Waals surface area contributed by atoms with Gasteiger partial charge in [0.2, 0.25) is 0 Å². The Morgan fingerprint density at radius 2 is 2.06 bits per heavy atom. The van der Waals surface area contributed by atoms with Gasteiger partial charge in [0, 0.05) is 25.9 Å². The van der Waals surface area contributed by atoms with Crippen molar-refractivity contribution >= 4 is 33.2 Å². The van der Waals surface area contributed by atoms with Crippen LogP contribution in [0.5, 0.6) is 0 Å². The van der Waals surface area contributed by atoms with E-state index in [-0.39, 0.29) is 0 Å². The number of rotatable bonds is 1. The molecule has 3 rings (SSSR count). The topological polar surface area (TPSA) is 46.1 Å². The Labute approximate surface area is 96.9 Å². The summed E-state index contributed by atoms with van der Waals surface area (Å²) in [6.45, 7) is 1.56. The van der Waals surface area contributed by atoms with Gasteiger partial charge in [0.1, 0.15) is 22.8 Å². The molecule has 0 bridgehead atoms. The molecular formula is C11H11N3OS. The Hall–Kier alpha value is -1.49. The number of piperidine rings is 1. The van der Waals surface area contributed by atoms with Crippen LogP contribution in [0.3, 0.4) is 0 Å². The van der Waals surface area contributed by atoms with Crippen LogP contribution < -0.4 is 4.90 Å². The zero-order valence-corrected chi connectivity index (χ0v) is 9.54. The van der Waals surface area contributed by atoms with Gasteiger partial charge in [0.15, 0.2) is 0 Å². The van der Waals surface area contributed by atoms with Crippen molar-refractivity contribution in [3.05, 3.63) is 17.8 Å². The van der Waals surface area contributed by atoms with Gasteiger partial charge in [-0.25, -0.2) is 9.97 Å². The molecule has 0 amide bonds. The van der Waals surface area contributed by atoms with Crippen LogP contribution in [0.4, 0.5) is 5.82 Å². The number of nitrogens with zero attached hydrogens (tertiary/aromatic N) is 3. The molecule has 82 valence electrons. The number of fused-ring (bicyclic) bond motifs is 1. The molecule has 0 N–H and O–H groups in total. The molecule has 1 aliphatic rings. The average molecular weight is 233 g/mol. The Balaban J connectivity index is 1.99. The fraction of sp³-hybridized carbons (Fsp3) is 0.364. The molecule has 1 fully saturated rings. The summed E-state index contributed by atoms with van der Waals surface area (Å²) in [7, 11) is 0. The first-order valence-electron chi connectivity index (χ1n) is 5.29. The Morgan fingerprint density at radius 1 is 1.25 bits per heavy atom. The van der Waals surface area contributed by atoms with E-state index in [4.69, 9.17) is 0 Å². The van der Waals surface area contributed by atoms with Gasteiger partial charge in [0.05, 0.1) is 5.39 Å². The number of aromatic nitrogens is 2. The number of hydrogen-bond acceptors (Lipinski definition) is 5. The first-order chi connectivity index (χ1) is 7.84. The van der Waals surface area contributed by atoms with Gasteiger partial charge in [-0.15, -0.1) is 11.3 Å². The standard InChI is InChI=1S/C11H11N3OS/c15-8-1-4-14(5-2-8)10-9-3-6-16-11(9)13-7-12-10/h3,6-7H,1-2,4-5H2. The minimum absolute atomic E-state index is 0.354. The van der Waals surface area contributed by atoms with E-state index >= 15 is 0 Å². The fourth-order valence-corrected chi connectivity index (χ4v) is 2.72. The minimum atomic E-state index is 0.354. The number of anilines is 1. The smallest absolute Gasteiger partial charge is 0.140 e. The summed E-state index contributed by atoms with van der Waals surface area (Å²) in [5.41, 5.74) is 0. The summed E-state index contributed by atoms with van der Waals surface area (Å²) in [4.78, 5) is 23.0. The maximum atomic E-state index is 11.2. The first-order valence-corrected chi connectivity index (χ1v) is 6.17. The molecule has 2 aromatic heterocycles. The number of ketones is 1. The lowest BCUT2D eigenvalue weighted by molar-refractivity contribution is -0.119. The molecule has 0 aliphatic carbocycles. The largest absolute Gasteiger partial charge is 0.355 e. The van der Waals surface area contributed by atoms with E-state index in [0.29, 0.717) is 18.6 Å². The van der Waals surface area contributed by atoms with Crippen molar-refractivity contribution in [2.24, 2.45) is 0 Å². The molecule has 0 saturated carbocycles. The Morgan fingerprint density at radius 3 is 2.88 bits per heavy atom. The van der Waals surface area contributed by atoms with Crippen molar-refractivity contribution in [3.8, 4) is 0 Å². The molecule has 5 heteroatoms. The number of hydrogen-bond donors (Lipinski definition) is 0. The zero-order valence-electron chi connectivity index (χ0n) is 8.72. The number of carbonyl (C=O) groups excluding carboxylic acids is 1. The van der Waals surface area contributed by atoms with Gasteiger partial charge in [-0.2, -0.15) is 0 Å². The number of Topliss-reactive ketones (excluding diaryl/α,β-unsaturated/α-hetero) is 1. The third-order valence-electron chi connectivity index (χ3n) is 2.86. The number of carbonyl (C=O) groups is 1. The summed E-state index contributed by atoms with van der Waals surface area (Å²) in [5.74, 6) is 1.32. The molecule has 0 spiro atoms. The van der Waals surface area contributed by atoms with E-state index < -0.39 is 0 Å². The maximum absolute atomic E-state index is 11.2. The van der Waals surface area contributed by atoms with Gasteiger partial charge in [-0.05, 0) is 11.4 Å². The van der Waals surface area contributed by atoms with Gasteiger partial charge in [-0.1, -0.05) is 0 Å². The van der Waals surface area contributed by atoms with Crippen molar-refractivity contribution in [2.75, 3.05) is 18.0 Å². The highest BCUT2D eigenvalue weighted by molar-refractivity contribution is 7.16. The predicted octanol–water partition coefficient (Wildman–Crippen LogP) is 1.86. The third-order valence-corrected chi connectivity index (χ3v) is 3.68. The van der Waals surface area contributed by atoms with Gasteiger partial charge >= 0.3 is 0 Å². The van der Waals surface area contributed by atoms with Gasteiger partial charge in [-0.3, -0.25) is 4.79 Å². The predicted molar refractivity (Wildman–Crippen MR) is 63.9 cm³/mol. The normalized spacial score (nSPS) is 17.0. The summed E-state index contributed by atoms with van der Waals surface area (Å²) in [5, 5.41) is 3.12. The van der Waals surface area contributed by atoms with E-state index in [1.54, 1.807) is 17.7 Å². The van der Waals surface area contributed by atoms with Gasteiger partial charge < -0.3 is 4.90 Å². The van der Waals surface area contributed by atoms with Crippen LogP contribution in [-0.4, -0.2) is 28.8 Å². The van der Waals surface area contributed by atoms with E-state index in [0.717, 1.165) is 29.1 Å². The fourth-order valence-electron chi connectivity index (χ4n) is 2.00. The SMILES string of the molecule is O=C1CCN(c2ncnc3sccc23)CC1. The van der Waals surface area contributed by atoms with Crippen molar-refractivity contribution < 1.29 is 4.79 Å². The molecule has 4 nitrogen and oxygen atoms in total. The monoisotopic (exact) mass is 233 g/mol. The molecule has 2 aromatic rings. The van der Waals surface area contributed by atoms with E-state index in [2.05, 4.69) is 14.9 Å². The molecule has 1 saturated heterocycles. The second-order valence-electron chi connectivity index (χ2n) is 3.86. The van der Waals surface area contributed by atoms with Crippen molar-refractivity contribution in [2.45, 2.75) is 12.8 Å². The molecular weight excluding hydrogens is 222 g/mol. The second-order valence-corrected chi connectivity index (χ2v) is 4.76. The van der Waals surface area contributed by atoms with Crippen LogP contribution in [-0.2, 0) is 4.79 Å². The zero-order chi connectivity index (χ0) is 11.0. The summed E-state index contributed by atoms with van der Waals surface area (Å²) in [6.07, 6.45) is 2.87. The third kappa shape index (κ3) is 1.57. The molecule has 0 aromatic carbocycles. The first kappa shape index (κ1) is 9.72. The highest BCUT2D eigenvalue weighted by Gasteiger charge is 2.19. The van der Waals surface area contributed by atoms with Crippen LogP contribution >= 0.6 is 11.3 Å². The molecule has 1 aliphatic heterocycles. The van der Waals surface area contributed by atoms with Crippen molar-refractivity contribution in [3.63, 3.8) is 0 Å². The Bertz CT molecular complexity index is 527. The average Bonchev–Trinajstić information content (AvgIpc) is 2.78. The van der Waals surface area contributed by atoms with Crippen molar-refractivity contribution in [1.82, 2.24) is 9.97 Å². The lowest BCUT2D eigenvalue weighted by atomic mass is 10.1. The molecule has 0 unspecified atom stereocenters. The summed E-state index contributed by atoms with van der Waals surface area (Å²) < 4.78 is 0. The maximum Gasteiger partial charge on any atom is 0.140 e. The summed E-state index contributed by atoms with van der Waals surface area (Å²) >= 11 is 1.62. The lowest BCUT2D eigenvalue weighted by Crippen LogP contribution is -2.34. The van der Waals surface area contributed by atoms with Gasteiger partial charge in [0.25, 0.3) is 0 Å². The highest BCUT2D eigenvalue weighted by Crippen LogP contribution is 2.27. The Kier molecular flexibility index (Phi) is 2.32. The molecule has 0 atom stereocenters. The van der Waals surface area contributed by atoms with E-state index in [1.807, 2.05) is 11.4 Å². The van der Waals surface area contributed by atoms with E-state index in [1.165, 1.54) is 0 Å². The van der Waals surface area contributed by atoms with Crippen molar-refractivity contribution in [1.29, 1.82) is 0 Å². The quantitative estimate of drug-likeness (QED) is 0.754. The minimum Gasteiger partial charge on any atom is -0.355 e. The van der Waals surface area contributed by atoms with Crippen LogP contribution in [0.15, 0.2) is 17.8 Å². The van der Waals surface area contributed by atoms with Crippen LogP contribution in [0.1, 0.15) is 12.8 Å². The van der Waals surface area contributed by atoms with Crippen LogP contribution in [0.2, 0.25) is 0 Å². The van der Waals surface area contributed by atoms with E-state index in [9.17, 15) is 4.79 Å². The van der Waals surface area contributed by atoms with Crippen LogP contribution in [0.25, 0.3) is 10.2 Å². The molecule has 0 radical (unpaired) electrons. The molecule has 16 heavy (non-hydrogen) atoms. The number of thiophene rings is 1.